The van der Waals surface area contributed by atoms with E-state index in [1.807, 2.05) is 30.3 Å². The molecule has 1 atom stereocenters. The Hall–Kier alpha value is -1.61. The second-order valence-corrected chi connectivity index (χ2v) is 4.06. The van der Waals surface area contributed by atoms with Crippen molar-refractivity contribution in [2.24, 2.45) is 0 Å². The fourth-order valence-electron chi connectivity index (χ4n) is 1.74. The molecule has 0 spiro atoms. The average Bonchev–Trinajstić information content (AvgIpc) is 2.39. The second kappa shape index (κ2) is 5.64. The van der Waals surface area contributed by atoms with Crippen LogP contribution in [0.15, 0.2) is 36.4 Å². The quantitative estimate of drug-likeness (QED) is 0.800. The topological polar surface area (TPSA) is 35.5 Å². The Bertz CT molecular complexity index is 406. The van der Waals surface area contributed by atoms with Gasteiger partial charge in [-0.05, 0) is 30.2 Å². The van der Waals surface area contributed by atoms with E-state index in [2.05, 4.69) is 0 Å². The molecular formula is C14H16O3. The normalized spacial score (nSPS) is 19.4. The van der Waals surface area contributed by atoms with E-state index < -0.39 is 0 Å². The number of ketones is 1. The van der Waals surface area contributed by atoms with Crippen LogP contribution in [-0.4, -0.2) is 19.0 Å². The van der Waals surface area contributed by atoms with E-state index >= 15 is 0 Å². The first-order valence-electron chi connectivity index (χ1n) is 5.73. The first kappa shape index (κ1) is 11.9. The fraction of sp³-hybridized carbons (Fsp3) is 0.357. The number of carbonyl (C=O) groups excluding carboxylic acids is 1. The van der Waals surface area contributed by atoms with Gasteiger partial charge in [-0.15, -0.1) is 0 Å². The summed E-state index contributed by atoms with van der Waals surface area (Å²) in [5.74, 6) is 1.03. The summed E-state index contributed by atoms with van der Waals surface area (Å²) in [4.78, 5) is 11.0. The van der Waals surface area contributed by atoms with Gasteiger partial charge in [0, 0.05) is 6.42 Å². The van der Waals surface area contributed by atoms with Crippen molar-refractivity contribution in [3.05, 3.63) is 42.0 Å². The molecule has 0 saturated heterocycles. The number of rotatable bonds is 4. The molecule has 1 aliphatic carbocycles. The monoisotopic (exact) mass is 232 g/mol. The molecule has 0 N–H and O–H groups in total. The molecule has 2 rings (SSSR count). The van der Waals surface area contributed by atoms with Gasteiger partial charge >= 0.3 is 0 Å². The van der Waals surface area contributed by atoms with Gasteiger partial charge in [0.15, 0.2) is 5.78 Å². The van der Waals surface area contributed by atoms with Crippen LogP contribution in [0, 0.1) is 0 Å². The first-order valence-corrected chi connectivity index (χ1v) is 5.73. The lowest BCUT2D eigenvalue weighted by Gasteiger charge is -2.16. The number of methoxy groups -OCH3 is 1. The molecule has 3 nitrogen and oxygen atoms in total. The third-order valence-electron chi connectivity index (χ3n) is 2.80. The van der Waals surface area contributed by atoms with Gasteiger partial charge < -0.3 is 9.47 Å². The molecule has 0 bridgehead atoms. The van der Waals surface area contributed by atoms with Crippen LogP contribution in [0.25, 0.3) is 0 Å². The van der Waals surface area contributed by atoms with E-state index in [-0.39, 0.29) is 11.9 Å². The maximum Gasteiger partial charge on any atom is 0.155 e. The minimum absolute atomic E-state index is 0.0646. The second-order valence-electron chi connectivity index (χ2n) is 4.06. The minimum atomic E-state index is 0.0646. The zero-order valence-electron chi connectivity index (χ0n) is 9.89. The molecule has 1 aliphatic rings. The largest absolute Gasteiger partial charge is 0.497 e. The van der Waals surface area contributed by atoms with E-state index in [4.69, 9.17) is 9.47 Å². The van der Waals surface area contributed by atoms with Crippen molar-refractivity contribution >= 4 is 5.78 Å². The predicted molar refractivity (Wildman–Crippen MR) is 65.0 cm³/mol. The molecule has 1 aromatic carbocycles. The average molecular weight is 232 g/mol. The molecule has 0 aliphatic heterocycles. The summed E-state index contributed by atoms with van der Waals surface area (Å²) >= 11 is 0. The van der Waals surface area contributed by atoms with Crippen molar-refractivity contribution in [3.63, 3.8) is 0 Å². The van der Waals surface area contributed by atoms with E-state index in [1.165, 1.54) is 0 Å². The van der Waals surface area contributed by atoms with Gasteiger partial charge in [-0.1, -0.05) is 18.2 Å². The smallest absolute Gasteiger partial charge is 0.155 e. The summed E-state index contributed by atoms with van der Waals surface area (Å²) in [6, 6.07) is 7.80. The highest BCUT2D eigenvalue weighted by Gasteiger charge is 2.13. The van der Waals surface area contributed by atoms with Gasteiger partial charge in [0.05, 0.1) is 19.8 Å². The van der Waals surface area contributed by atoms with Gasteiger partial charge in [0.25, 0.3) is 0 Å². The lowest BCUT2D eigenvalue weighted by molar-refractivity contribution is -0.115. The van der Waals surface area contributed by atoms with E-state index in [0.717, 1.165) is 17.7 Å². The van der Waals surface area contributed by atoms with Gasteiger partial charge in [-0.25, -0.2) is 0 Å². The minimum Gasteiger partial charge on any atom is -0.497 e. The molecule has 0 fully saturated rings. The number of hydrogen-bond acceptors (Lipinski definition) is 3. The predicted octanol–water partition coefficient (Wildman–Crippen LogP) is 2.50. The molecule has 0 heterocycles. The molecule has 0 unspecified atom stereocenters. The van der Waals surface area contributed by atoms with Crippen LogP contribution < -0.4 is 4.74 Å². The third-order valence-corrected chi connectivity index (χ3v) is 2.80. The Labute approximate surface area is 101 Å². The summed E-state index contributed by atoms with van der Waals surface area (Å²) in [6.45, 7) is 0.563. The Balaban J connectivity index is 1.85. The Morgan fingerprint density at radius 2 is 2.06 bits per heavy atom. The van der Waals surface area contributed by atoms with Crippen molar-refractivity contribution in [1.82, 2.24) is 0 Å². The molecule has 0 radical (unpaired) electrons. The Kier molecular flexibility index (Phi) is 3.94. The molecule has 90 valence electrons. The van der Waals surface area contributed by atoms with Crippen LogP contribution in [-0.2, 0) is 16.1 Å². The maximum atomic E-state index is 11.0. The van der Waals surface area contributed by atoms with Gasteiger partial charge in [-0.2, -0.15) is 0 Å². The number of allylic oxidation sites excluding steroid dienone is 1. The standard InChI is InChI=1S/C14H16O3/c1-16-13-6-2-11(3-7-13)10-17-14-8-4-12(15)5-9-14/h2-4,6-8,14H,5,9-10H2,1H3/t14-/m1/s1. The molecule has 17 heavy (non-hydrogen) atoms. The highest BCUT2D eigenvalue weighted by molar-refractivity contribution is 5.90. The van der Waals surface area contributed by atoms with Crippen LogP contribution in [0.3, 0.4) is 0 Å². The van der Waals surface area contributed by atoms with Crippen LogP contribution in [0.4, 0.5) is 0 Å². The maximum absolute atomic E-state index is 11.0. The van der Waals surface area contributed by atoms with Crippen molar-refractivity contribution in [1.29, 1.82) is 0 Å². The summed E-state index contributed by atoms with van der Waals surface area (Å²) in [5, 5.41) is 0. The van der Waals surface area contributed by atoms with Crippen LogP contribution in [0.5, 0.6) is 5.75 Å². The lowest BCUT2D eigenvalue weighted by Crippen LogP contribution is -2.16. The number of benzene rings is 1. The van der Waals surface area contributed by atoms with Gasteiger partial charge in [-0.3, -0.25) is 4.79 Å². The molecule has 0 aromatic heterocycles. The van der Waals surface area contributed by atoms with E-state index in [1.54, 1.807) is 13.2 Å². The summed E-state index contributed by atoms with van der Waals surface area (Å²) in [6.07, 6.45) is 4.89. The molecule has 0 amide bonds. The molecule has 0 saturated carbocycles. The fourth-order valence-corrected chi connectivity index (χ4v) is 1.74. The van der Waals surface area contributed by atoms with Crippen molar-refractivity contribution in [2.75, 3.05) is 7.11 Å². The molecule has 1 aromatic rings. The zero-order chi connectivity index (χ0) is 12.1. The van der Waals surface area contributed by atoms with E-state index in [0.29, 0.717) is 13.0 Å². The molecule has 3 heteroatoms. The highest BCUT2D eigenvalue weighted by atomic mass is 16.5. The summed E-state index contributed by atoms with van der Waals surface area (Å²) in [7, 11) is 1.65. The lowest BCUT2D eigenvalue weighted by atomic mass is 10.0. The Morgan fingerprint density at radius 3 is 2.65 bits per heavy atom. The zero-order valence-corrected chi connectivity index (χ0v) is 9.89. The first-order chi connectivity index (χ1) is 8.28. The van der Waals surface area contributed by atoms with Crippen LogP contribution >= 0.6 is 0 Å². The highest BCUT2D eigenvalue weighted by Crippen LogP contribution is 2.16. The van der Waals surface area contributed by atoms with Crippen molar-refractivity contribution in [2.45, 2.75) is 25.6 Å². The Morgan fingerprint density at radius 1 is 1.29 bits per heavy atom. The molecular weight excluding hydrogens is 216 g/mol. The summed E-state index contributed by atoms with van der Waals surface area (Å²) in [5.41, 5.74) is 1.11. The van der Waals surface area contributed by atoms with E-state index in [9.17, 15) is 4.79 Å². The van der Waals surface area contributed by atoms with Gasteiger partial charge in [0.2, 0.25) is 0 Å². The third kappa shape index (κ3) is 3.43. The SMILES string of the molecule is COc1ccc(CO[C@@H]2C=CC(=O)CC2)cc1. The van der Waals surface area contributed by atoms with Crippen LogP contribution in [0.2, 0.25) is 0 Å². The van der Waals surface area contributed by atoms with Gasteiger partial charge in [0.1, 0.15) is 5.75 Å². The van der Waals surface area contributed by atoms with Crippen molar-refractivity contribution < 1.29 is 14.3 Å². The number of hydrogen-bond donors (Lipinski definition) is 0. The number of ether oxygens (including phenoxy) is 2. The van der Waals surface area contributed by atoms with Crippen LogP contribution in [0.1, 0.15) is 18.4 Å². The summed E-state index contributed by atoms with van der Waals surface area (Å²) < 4.78 is 10.8. The van der Waals surface area contributed by atoms with Crippen molar-refractivity contribution in [3.8, 4) is 5.75 Å². The number of carbonyl (C=O) groups is 1.